The molecule has 2 rings (SSSR count). The van der Waals surface area contributed by atoms with Gasteiger partial charge in [0.25, 0.3) is 0 Å². The molecule has 0 fully saturated rings. The van der Waals surface area contributed by atoms with E-state index in [1.807, 2.05) is 22.5 Å². The van der Waals surface area contributed by atoms with Gasteiger partial charge < -0.3 is 4.57 Å². The molecule has 2 heterocycles. The number of imidazole rings is 1. The highest BCUT2D eigenvalue weighted by Gasteiger charge is 2.01. The molecule has 0 saturated heterocycles. The lowest BCUT2D eigenvalue weighted by atomic mass is 10.4. The lowest BCUT2D eigenvalue weighted by Crippen LogP contribution is -2.06. The maximum absolute atomic E-state index is 4.24. The smallest absolute Gasteiger partial charge is 0.211 e. The van der Waals surface area contributed by atoms with E-state index < -0.39 is 0 Å². The summed E-state index contributed by atoms with van der Waals surface area (Å²) in [7, 11) is 1.99. The number of aromatic nitrogens is 5. The van der Waals surface area contributed by atoms with Gasteiger partial charge in [-0.15, -0.1) is 5.10 Å². The van der Waals surface area contributed by atoms with E-state index in [0.717, 1.165) is 22.6 Å². The van der Waals surface area contributed by atoms with Crippen LogP contribution in [0.5, 0.6) is 0 Å². The first-order valence-electron chi connectivity index (χ1n) is 4.27. The Morgan fingerprint density at radius 3 is 2.86 bits per heavy atom. The second-order valence-electron chi connectivity index (χ2n) is 2.98. The average molecular weight is 303 g/mol. The van der Waals surface area contributed by atoms with Gasteiger partial charge in [-0.1, -0.05) is 0 Å². The fourth-order valence-electron chi connectivity index (χ4n) is 1.23. The van der Waals surface area contributed by atoms with Gasteiger partial charge in [0.05, 0.1) is 0 Å². The van der Waals surface area contributed by atoms with E-state index in [2.05, 4.69) is 37.7 Å². The minimum absolute atomic E-state index is 0.780. The van der Waals surface area contributed by atoms with Crippen molar-refractivity contribution in [3.05, 3.63) is 28.4 Å². The van der Waals surface area contributed by atoms with Crippen molar-refractivity contribution in [2.45, 2.75) is 13.0 Å². The molecule has 0 aromatic carbocycles. The van der Waals surface area contributed by atoms with E-state index >= 15 is 0 Å². The van der Waals surface area contributed by atoms with Gasteiger partial charge in [-0.3, -0.25) is 4.68 Å². The van der Waals surface area contributed by atoms with Crippen LogP contribution >= 0.6 is 22.6 Å². The molecule has 5 nitrogen and oxygen atoms in total. The van der Waals surface area contributed by atoms with Crippen molar-refractivity contribution < 1.29 is 0 Å². The summed E-state index contributed by atoms with van der Waals surface area (Å²) in [4.78, 5) is 8.29. The van der Waals surface area contributed by atoms with Crippen LogP contribution in [0.15, 0.2) is 18.7 Å². The summed E-state index contributed by atoms with van der Waals surface area (Å²) in [5, 5.41) is 4.19. The van der Waals surface area contributed by atoms with Crippen molar-refractivity contribution in [1.82, 2.24) is 24.3 Å². The molecule has 14 heavy (non-hydrogen) atoms. The standard InChI is InChI=1S/C8H10IN5/c1-13-5-3-10-7(13)2-4-14-6-11-8(9)12-14/h3,5-6H,2,4H2,1H3. The Balaban J connectivity index is 1.98. The van der Waals surface area contributed by atoms with E-state index in [1.54, 1.807) is 12.5 Å². The zero-order valence-corrected chi connectivity index (χ0v) is 9.92. The van der Waals surface area contributed by atoms with Crippen molar-refractivity contribution in [3.8, 4) is 0 Å². The molecule has 0 aliphatic heterocycles. The molecule has 0 amide bonds. The highest BCUT2D eigenvalue weighted by molar-refractivity contribution is 14.1. The van der Waals surface area contributed by atoms with Crippen molar-refractivity contribution >= 4 is 22.6 Å². The van der Waals surface area contributed by atoms with Gasteiger partial charge >= 0.3 is 0 Å². The minimum atomic E-state index is 0.780. The first-order chi connectivity index (χ1) is 6.75. The van der Waals surface area contributed by atoms with E-state index in [4.69, 9.17) is 0 Å². The molecule has 0 bridgehead atoms. The summed E-state index contributed by atoms with van der Waals surface area (Å²) in [5.41, 5.74) is 0. The van der Waals surface area contributed by atoms with Crippen molar-refractivity contribution in [2.24, 2.45) is 7.05 Å². The van der Waals surface area contributed by atoms with Gasteiger partial charge in [-0.2, -0.15) is 0 Å². The lowest BCUT2D eigenvalue weighted by Gasteiger charge is -2.00. The molecule has 2 aromatic heterocycles. The Bertz CT molecular complexity index is 419. The maximum Gasteiger partial charge on any atom is 0.211 e. The molecule has 0 spiro atoms. The van der Waals surface area contributed by atoms with Crippen LogP contribution in [-0.2, 0) is 20.0 Å². The van der Waals surface area contributed by atoms with E-state index in [9.17, 15) is 0 Å². The Morgan fingerprint density at radius 2 is 2.29 bits per heavy atom. The summed E-state index contributed by atoms with van der Waals surface area (Å²) < 4.78 is 4.63. The Hall–Kier alpha value is -0.920. The highest BCUT2D eigenvalue weighted by Crippen LogP contribution is 1.99. The second kappa shape index (κ2) is 4.07. The third-order valence-electron chi connectivity index (χ3n) is 1.99. The van der Waals surface area contributed by atoms with Crippen molar-refractivity contribution in [2.75, 3.05) is 0 Å². The molecule has 0 aliphatic rings. The van der Waals surface area contributed by atoms with Crippen LogP contribution in [0.3, 0.4) is 0 Å². The fourth-order valence-corrected chi connectivity index (χ4v) is 1.63. The number of hydrogen-bond acceptors (Lipinski definition) is 3. The van der Waals surface area contributed by atoms with Crippen molar-refractivity contribution in [1.29, 1.82) is 0 Å². The Morgan fingerprint density at radius 1 is 1.43 bits per heavy atom. The minimum Gasteiger partial charge on any atom is -0.338 e. The van der Waals surface area contributed by atoms with E-state index in [-0.39, 0.29) is 0 Å². The molecular weight excluding hydrogens is 293 g/mol. The first-order valence-corrected chi connectivity index (χ1v) is 5.35. The Kier molecular flexibility index (Phi) is 2.80. The van der Waals surface area contributed by atoms with Crippen LogP contribution in [-0.4, -0.2) is 24.3 Å². The van der Waals surface area contributed by atoms with Gasteiger partial charge in [0.2, 0.25) is 3.83 Å². The van der Waals surface area contributed by atoms with E-state index in [1.165, 1.54) is 0 Å². The normalized spacial score (nSPS) is 10.7. The molecule has 0 atom stereocenters. The predicted octanol–water partition coefficient (Wildman–Crippen LogP) is 0.859. The van der Waals surface area contributed by atoms with Crippen LogP contribution < -0.4 is 0 Å². The molecule has 0 unspecified atom stereocenters. The maximum atomic E-state index is 4.24. The monoisotopic (exact) mass is 303 g/mol. The fraction of sp³-hybridized carbons (Fsp3) is 0.375. The molecule has 0 N–H and O–H groups in total. The molecule has 0 aliphatic carbocycles. The van der Waals surface area contributed by atoms with Crippen LogP contribution in [0.2, 0.25) is 0 Å². The highest BCUT2D eigenvalue weighted by atomic mass is 127. The zero-order chi connectivity index (χ0) is 9.97. The van der Waals surface area contributed by atoms with Gasteiger partial charge in [0.1, 0.15) is 12.2 Å². The van der Waals surface area contributed by atoms with Crippen LogP contribution in [0, 0.1) is 3.83 Å². The summed E-state index contributed by atoms with van der Waals surface area (Å²) in [6.45, 7) is 0.820. The van der Waals surface area contributed by atoms with Gasteiger partial charge in [0, 0.05) is 55.0 Å². The Labute approximate surface area is 95.3 Å². The van der Waals surface area contributed by atoms with Crippen LogP contribution in [0.4, 0.5) is 0 Å². The second-order valence-corrected chi connectivity index (χ2v) is 3.95. The molecule has 2 aromatic rings. The summed E-state index contributed by atoms with van der Waals surface area (Å²) >= 11 is 2.10. The lowest BCUT2D eigenvalue weighted by molar-refractivity contribution is 0.585. The number of halogens is 1. The van der Waals surface area contributed by atoms with E-state index in [0.29, 0.717) is 0 Å². The number of rotatable bonds is 3. The van der Waals surface area contributed by atoms with Gasteiger partial charge in [-0.05, 0) is 0 Å². The predicted molar refractivity (Wildman–Crippen MR) is 59.7 cm³/mol. The molecule has 0 saturated carbocycles. The van der Waals surface area contributed by atoms with Crippen LogP contribution in [0.25, 0.3) is 0 Å². The summed E-state index contributed by atoms with van der Waals surface area (Å²) in [5.74, 6) is 1.07. The number of nitrogens with zero attached hydrogens (tertiary/aromatic N) is 5. The number of hydrogen-bond donors (Lipinski definition) is 0. The number of aryl methyl sites for hydroxylation is 3. The van der Waals surface area contributed by atoms with Gasteiger partial charge in [-0.25, -0.2) is 9.97 Å². The molecule has 0 radical (unpaired) electrons. The molecule has 74 valence electrons. The third kappa shape index (κ3) is 2.11. The SMILES string of the molecule is Cn1ccnc1CCn1cnc(I)n1. The summed E-state index contributed by atoms with van der Waals surface area (Å²) in [6, 6.07) is 0. The quantitative estimate of drug-likeness (QED) is 0.790. The molecular formula is C8H10IN5. The topological polar surface area (TPSA) is 48.5 Å². The summed E-state index contributed by atoms with van der Waals surface area (Å²) in [6.07, 6.45) is 6.37. The molecule has 6 heteroatoms. The average Bonchev–Trinajstić information content (AvgIpc) is 2.72. The van der Waals surface area contributed by atoms with Crippen molar-refractivity contribution in [3.63, 3.8) is 0 Å². The third-order valence-corrected chi connectivity index (χ3v) is 2.49. The van der Waals surface area contributed by atoms with Gasteiger partial charge in [0.15, 0.2) is 0 Å². The van der Waals surface area contributed by atoms with Crippen LogP contribution in [0.1, 0.15) is 5.82 Å². The zero-order valence-electron chi connectivity index (χ0n) is 7.76. The largest absolute Gasteiger partial charge is 0.338 e. The first kappa shape index (κ1) is 9.63.